The van der Waals surface area contributed by atoms with E-state index in [0.717, 1.165) is 35.5 Å². The predicted octanol–water partition coefficient (Wildman–Crippen LogP) is 1.77. The average molecular weight is 367 g/mol. The van der Waals surface area contributed by atoms with Crippen molar-refractivity contribution < 1.29 is 14.3 Å². The van der Waals surface area contributed by atoms with Gasteiger partial charge in [-0.1, -0.05) is 0 Å². The number of fused-ring (bicyclic) bond motifs is 1. The summed E-state index contributed by atoms with van der Waals surface area (Å²) in [7, 11) is 4.98. The van der Waals surface area contributed by atoms with Crippen molar-refractivity contribution in [3.8, 4) is 11.5 Å². The van der Waals surface area contributed by atoms with Crippen molar-refractivity contribution in [2.45, 2.75) is 19.5 Å². The van der Waals surface area contributed by atoms with Crippen molar-refractivity contribution in [2.24, 2.45) is 0 Å². The number of amides is 1. The highest BCUT2D eigenvalue weighted by atomic mass is 35.5. The Hall–Kier alpha value is -2.25. The van der Waals surface area contributed by atoms with Gasteiger partial charge in [-0.25, -0.2) is 0 Å². The smallest absolute Gasteiger partial charge is 0.274 e. The maximum Gasteiger partial charge on any atom is 0.274 e. The van der Waals surface area contributed by atoms with E-state index >= 15 is 0 Å². The topological polar surface area (TPSA) is 79.5 Å². The fourth-order valence-corrected chi connectivity index (χ4v) is 2.89. The molecule has 0 atom stereocenters. The number of H-pyrrole nitrogens is 1. The van der Waals surface area contributed by atoms with Crippen LogP contribution in [0.3, 0.4) is 0 Å². The van der Waals surface area contributed by atoms with Crippen LogP contribution >= 0.6 is 12.4 Å². The summed E-state index contributed by atoms with van der Waals surface area (Å²) in [6.07, 6.45) is 0.867. The Balaban J connectivity index is 0.00000225. The molecule has 0 radical (unpaired) electrons. The van der Waals surface area contributed by atoms with Crippen molar-refractivity contribution in [3.63, 3.8) is 0 Å². The number of hydrogen-bond acceptors (Lipinski definition) is 5. The Kier molecular flexibility index (Phi) is 6.27. The molecule has 0 unspecified atom stereocenters. The first kappa shape index (κ1) is 19.1. The number of aromatic nitrogens is 2. The SMILES string of the molecule is COc1ccc(CN(C)C(=O)c2n[nH]c3c2CNCC3)c(OC)c1.Cl. The van der Waals surface area contributed by atoms with E-state index < -0.39 is 0 Å². The van der Waals surface area contributed by atoms with Crippen molar-refractivity contribution in [1.29, 1.82) is 0 Å². The van der Waals surface area contributed by atoms with Gasteiger partial charge >= 0.3 is 0 Å². The minimum Gasteiger partial charge on any atom is -0.497 e. The third kappa shape index (κ3) is 3.88. The number of rotatable bonds is 5. The predicted molar refractivity (Wildman–Crippen MR) is 96.6 cm³/mol. The molecular formula is C17H23ClN4O3. The van der Waals surface area contributed by atoms with Crippen LogP contribution in [-0.2, 0) is 19.5 Å². The lowest BCUT2D eigenvalue weighted by molar-refractivity contribution is 0.0777. The van der Waals surface area contributed by atoms with Gasteiger partial charge in [0.1, 0.15) is 11.5 Å². The number of ether oxygens (including phenoxy) is 2. The number of benzene rings is 1. The maximum absolute atomic E-state index is 12.8. The van der Waals surface area contributed by atoms with E-state index in [9.17, 15) is 4.79 Å². The molecule has 0 aliphatic carbocycles. The Bertz CT molecular complexity index is 747. The molecule has 1 aliphatic heterocycles. The number of methoxy groups -OCH3 is 2. The zero-order valence-corrected chi connectivity index (χ0v) is 15.4. The van der Waals surface area contributed by atoms with Gasteiger partial charge in [0.25, 0.3) is 5.91 Å². The number of aromatic amines is 1. The third-order valence-electron chi connectivity index (χ3n) is 4.26. The van der Waals surface area contributed by atoms with Crippen LogP contribution in [0.2, 0.25) is 0 Å². The summed E-state index contributed by atoms with van der Waals surface area (Å²) >= 11 is 0. The van der Waals surface area contributed by atoms with Crippen LogP contribution in [0.15, 0.2) is 18.2 Å². The van der Waals surface area contributed by atoms with E-state index in [1.165, 1.54) is 0 Å². The van der Waals surface area contributed by atoms with Gasteiger partial charge in [-0.05, 0) is 12.1 Å². The first-order chi connectivity index (χ1) is 11.6. The van der Waals surface area contributed by atoms with Gasteiger partial charge in [-0.3, -0.25) is 9.89 Å². The number of nitrogens with one attached hydrogen (secondary N) is 2. The molecule has 1 amide bonds. The summed E-state index contributed by atoms with van der Waals surface area (Å²) in [5.41, 5.74) is 3.43. The Labute approximate surface area is 153 Å². The van der Waals surface area contributed by atoms with Crippen LogP contribution in [0.25, 0.3) is 0 Å². The molecule has 2 N–H and O–H groups in total. The third-order valence-corrected chi connectivity index (χ3v) is 4.26. The van der Waals surface area contributed by atoms with E-state index in [1.54, 1.807) is 26.2 Å². The molecule has 1 aliphatic rings. The van der Waals surface area contributed by atoms with Crippen LogP contribution in [0.1, 0.15) is 27.3 Å². The second kappa shape index (κ2) is 8.22. The second-order valence-corrected chi connectivity index (χ2v) is 5.80. The molecule has 2 heterocycles. The van der Waals surface area contributed by atoms with Crippen LogP contribution in [0.5, 0.6) is 11.5 Å². The number of halogens is 1. The van der Waals surface area contributed by atoms with Crippen LogP contribution < -0.4 is 14.8 Å². The first-order valence-corrected chi connectivity index (χ1v) is 7.87. The highest BCUT2D eigenvalue weighted by Gasteiger charge is 2.24. The quantitative estimate of drug-likeness (QED) is 0.843. The van der Waals surface area contributed by atoms with Crippen molar-refractivity contribution in [3.05, 3.63) is 40.7 Å². The Morgan fingerprint density at radius 2 is 2.12 bits per heavy atom. The Morgan fingerprint density at radius 1 is 1.32 bits per heavy atom. The molecule has 1 aromatic carbocycles. The van der Waals surface area contributed by atoms with Gasteiger partial charge in [-0.2, -0.15) is 5.10 Å². The molecule has 2 aromatic rings. The zero-order valence-electron chi connectivity index (χ0n) is 14.6. The average Bonchev–Trinajstić information content (AvgIpc) is 3.05. The first-order valence-electron chi connectivity index (χ1n) is 7.87. The van der Waals surface area contributed by atoms with Gasteiger partial charge < -0.3 is 19.7 Å². The number of carbonyl (C=O) groups is 1. The van der Waals surface area contributed by atoms with E-state index in [2.05, 4.69) is 15.5 Å². The van der Waals surface area contributed by atoms with Gasteiger partial charge in [0.2, 0.25) is 0 Å². The molecule has 0 bridgehead atoms. The molecule has 7 nitrogen and oxygen atoms in total. The summed E-state index contributed by atoms with van der Waals surface area (Å²) in [6.45, 7) is 2.01. The van der Waals surface area contributed by atoms with E-state index in [-0.39, 0.29) is 18.3 Å². The van der Waals surface area contributed by atoms with Crippen LogP contribution in [0.4, 0.5) is 0 Å². The normalized spacial score (nSPS) is 12.8. The van der Waals surface area contributed by atoms with Crippen molar-refractivity contribution in [2.75, 3.05) is 27.8 Å². The molecule has 136 valence electrons. The summed E-state index contributed by atoms with van der Waals surface area (Å²) in [4.78, 5) is 14.4. The van der Waals surface area contributed by atoms with Gasteiger partial charge in [0, 0.05) is 56.0 Å². The zero-order chi connectivity index (χ0) is 17.1. The van der Waals surface area contributed by atoms with Crippen LogP contribution in [0, 0.1) is 0 Å². The fourth-order valence-electron chi connectivity index (χ4n) is 2.89. The van der Waals surface area contributed by atoms with Gasteiger partial charge in [0.05, 0.1) is 14.2 Å². The molecule has 25 heavy (non-hydrogen) atoms. The van der Waals surface area contributed by atoms with E-state index in [0.29, 0.717) is 24.5 Å². The molecule has 3 rings (SSSR count). The summed E-state index contributed by atoms with van der Waals surface area (Å²) in [5, 5.41) is 10.5. The van der Waals surface area contributed by atoms with E-state index in [1.807, 2.05) is 18.2 Å². The van der Waals surface area contributed by atoms with Crippen molar-refractivity contribution in [1.82, 2.24) is 20.4 Å². The maximum atomic E-state index is 12.8. The van der Waals surface area contributed by atoms with Gasteiger partial charge in [-0.15, -0.1) is 12.4 Å². The number of hydrogen-bond donors (Lipinski definition) is 2. The molecular weight excluding hydrogens is 344 g/mol. The monoisotopic (exact) mass is 366 g/mol. The lowest BCUT2D eigenvalue weighted by Gasteiger charge is -2.20. The lowest BCUT2D eigenvalue weighted by Crippen LogP contribution is -2.30. The molecule has 0 saturated carbocycles. The summed E-state index contributed by atoms with van der Waals surface area (Å²) in [6, 6.07) is 5.58. The minimum atomic E-state index is -0.103. The second-order valence-electron chi connectivity index (χ2n) is 5.80. The fraction of sp³-hybridized carbons (Fsp3) is 0.412. The highest BCUT2D eigenvalue weighted by molar-refractivity contribution is 5.93. The summed E-state index contributed by atoms with van der Waals surface area (Å²) in [5.74, 6) is 1.31. The van der Waals surface area contributed by atoms with Crippen molar-refractivity contribution >= 4 is 18.3 Å². The van der Waals surface area contributed by atoms with Gasteiger partial charge in [0.15, 0.2) is 5.69 Å². The number of nitrogens with zero attached hydrogens (tertiary/aromatic N) is 2. The Morgan fingerprint density at radius 3 is 2.84 bits per heavy atom. The minimum absolute atomic E-state index is 0. The van der Waals surface area contributed by atoms with E-state index in [4.69, 9.17) is 9.47 Å². The molecule has 0 fully saturated rings. The summed E-state index contributed by atoms with van der Waals surface area (Å²) < 4.78 is 10.6. The molecule has 0 saturated heterocycles. The highest BCUT2D eigenvalue weighted by Crippen LogP contribution is 2.26. The lowest BCUT2D eigenvalue weighted by atomic mass is 10.1. The number of carbonyl (C=O) groups excluding carboxylic acids is 1. The largest absolute Gasteiger partial charge is 0.497 e. The standard InChI is InChI=1S/C17H22N4O3.ClH/c1-21(10-11-4-5-12(23-2)8-15(11)24-3)17(22)16-13-9-18-7-6-14(13)19-20-16;/h4-5,8,18H,6-7,9-10H2,1-3H3,(H,19,20);1H. The molecule has 1 aromatic heterocycles. The molecule has 0 spiro atoms. The van der Waals surface area contributed by atoms with Crippen LogP contribution in [-0.4, -0.2) is 48.8 Å². The molecule has 8 heteroatoms.